The van der Waals surface area contributed by atoms with Crippen LogP contribution < -0.4 is 5.32 Å². The molecule has 0 spiro atoms. The first-order valence-corrected chi connectivity index (χ1v) is 16.5. The number of nitrogens with one attached hydrogen (secondary N) is 1. The van der Waals surface area contributed by atoms with Crippen LogP contribution in [0.3, 0.4) is 0 Å². The molecule has 13 heteroatoms. The summed E-state index contributed by atoms with van der Waals surface area (Å²) in [7, 11) is 0. The fraction of sp³-hybridized carbons (Fsp3) is 0.216. The number of aliphatic hydroxyl groups is 1. The number of rotatable bonds is 10. The van der Waals surface area contributed by atoms with Crippen molar-refractivity contribution in [2.24, 2.45) is 5.92 Å². The molecule has 0 bridgehead atoms. The smallest absolute Gasteiger partial charge is 0.257 e. The van der Waals surface area contributed by atoms with Crippen molar-refractivity contribution in [3.8, 4) is 11.1 Å². The Labute approximate surface area is 288 Å². The number of carbonyl (C=O) groups excluding carboxylic acids is 1. The minimum Gasteiger partial charge on any atom is -0.392 e. The van der Waals surface area contributed by atoms with Crippen molar-refractivity contribution in [1.82, 2.24) is 15.3 Å². The highest BCUT2D eigenvalue weighted by atomic mass is 32.2. The van der Waals surface area contributed by atoms with Crippen LogP contribution in [0.25, 0.3) is 11.1 Å². The lowest BCUT2D eigenvalue weighted by Crippen LogP contribution is -2.38. The zero-order valence-electron chi connectivity index (χ0n) is 26.5. The van der Waals surface area contributed by atoms with E-state index in [4.69, 9.17) is 9.47 Å². The minimum atomic E-state index is -2.34. The van der Waals surface area contributed by atoms with E-state index in [0.717, 1.165) is 27.8 Å². The third-order valence-corrected chi connectivity index (χ3v) is 9.34. The molecule has 7 nitrogen and oxygen atoms in total. The van der Waals surface area contributed by atoms with E-state index >= 15 is 0 Å². The van der Waals surface area contributed by atoms with Crippen molar-refractivity contribution in [2.45, 2.75) is 43.7 Å². The van der Waals surface area contributed by atoms with E-state index < -0.39 is 46.8 Å². The van der Waals surface area contributed by atoms with Gasteiger partial charge in [0.15, 0.2) is 34.7 Å². The molecule has 0 aliphatic carbocycles. The molecule has 1 saturated heterocycles. The van der Waals surface area contributed by atoms with Crippen LogP contribution in [0.2, 0.25) is 0 Å². The van der Waals surface area contributed by atoms with Gasteiger partial charge in [0, 0.05) is 36.2 Å². The molecular formula is C37H30F5N3O4S. The Morgan fingerprint density at radius 2 is 1.42 bits per heavy atom. The minimum absolute atomic E-state index is 0.0287. The van der Waals surface area contributed by atoms with Gasteiger partial charge >= 0.3 is 0 Å². The van der Waals surface area contributed by atoms with Crippen LogP contribution in [0.5, 0.6) is 0 Å². The molecule has 50 heavy (non-hydrogen) atoms. The van der Waals surface area contributed by atoms with Crippen LogP contribution in [-0.4, -0.2) is 32.8 Å². The van der Waals surface area contributed by atoms with E-state index in [9.17, 15) is 31.9 Å². The highest BCUT2D eigenvalue weighted by Crippen LogP contribution is 2.43. The maximum Gasteiger partial charge on any atom is 0.257 e. The number of thioether (sulfide) groups is 1. The van der Waals surface area contributed by atoms with Gasteiger partial charge in [-0.1, -0.05) is 85.4 Å². The Bertz CT molecular complexity index is 1940. The summed E-state index contributed by atoms with van der Waals surface area (Å²) in [6.07, 6.45) is 2.15. The molecule has 1 amide bonds. The Kier molecular flexibility index (Phi) is 10.9. The second kappa shape index (κ2) is 15.5. The summed E-state index contributed by atoms with van der Waals surface area (Å²) < 4.78 is 81.8. The topological polar surface area (TPSA) is 93.6 Å². The van der Waals surface area contributed by atoms with E-state index in [-0.39, 0.29) is 31.3 Å². The molecular weight excluding hydrogens is 677 g/mol. The molecule has 4 unspecified atom stereocenters. The van der Waals surface area contributed by atoms with E-state index in [1.165, 1.54) is 11.8 Å². The second-order valence-corrected chi connectivity index (χ2v) is 12.6. The quantitative estimate of drug-likeness (QED) is 0.0502. The maximum atomic E-state index is 14.1. The lowest BCUT2D eigenvalue weighted by atomic mass is 9.91. The highest BCUT2D eigenvalue weighted by molar-refractivity contribution is 7.99. The van der Waals surface area contributed by atoms with Crippen molar-refractivity contribution in [3.63, 3.8) is 0 Å². The average Bonchev–Trinajstić information content (AvgIpc) is 3.16. The van der Waals surface area contributed by atoms with Gasteiger partial charge in [-0.25, -0.2) is 31.9 Å². The van der Waals surface area contributed by atoms with Gasteiger partial charge in [-0.3, -0.25) is 4.79 Å². The monoisotopic (exact) mass is 707 g/mol. The summed E-state index contributed by atoms with van der Waals surface area (Å²) in [6, 6.07) is 23.8. The van der Waals surface area contributed by atoms with Crippen molar-refractivity contribution in [2.75, 3.05) is 5.75 Å². The summed E-state index contributed by atoms with van der Waals surface area (Å²) in [5.41, 5.74) is 3.04. The van der Waals surface area contributed by atoms with Crippen molar-refractivity contribution >= 4 is 17.7 Å². The molecule has 4 aromatic carbocycles. The fourth-order valence-electron chi connectivity index (χ4n) is 5.60. The van der Waals surface area contributed by atoms with Gasteiger partial charge in [-0.05, 0) is 39.9 Å². The molecule has 2 N–H and O–H groups in total. The molecule has 1 aliphatic rings. The van der Waals surface area contributed by atoms with E-state index in [0.29, 0.717) is 16.5 Å². The number of nitrogens with zero attached hydrogens (tertiary/aromatic N) is 2. The average molecular weight is 708 g/mol. The van der Waals surface area contributed by atoms with E-state index in [1.54, 1.807) is 36.7 Å². The molecule has 1 aliphatic heterocycles. The summed E-state index contributed by atoms with van der Waals surface area (Å²) in [4.78, 5) is 21.0. The molecule has 0 saturated carbocycles. The lowest BCUT2D eigenvalue weighted by molar-refractivity contribution is -0.268. The van der Waals surface area contributed by atoms with Crippen LogP contribution in [-0.2, 0) is 22.6 Å². The Balaban J connectivity index is 1.18. The lowest BCUT2D eigenvalue weighted by Gasteiger charge is -2.41. The standard InChI is InChI=1S/C37H30F5N3O4S/c1-20-27(19-50-37-43-14-3-15-44-37)48-36(49-34(20)24-8-6-21(18-46)7-9-24)25-12-10-23(11-13-25)26-5-2-4-22(16-26)17-45-35(47)28-29(38)31(40)33(42)32(41)30(28)39/h2-16,20,27,34,36,46H,17-19H2,1H3,(H,45,47). The number of aromatic nitrogens is 2. The maximum absolute atomic E-state index is 14.1. The fourth-order valence-corrected chi connectivity index (χ4v) is 6.56. The summed E-state index contributed by atoms with van der Waals surface area (Å²) in [6.45, 7) is 1.77. The zero-order valence-corrected chi connectivity index (χ0v) is 27.3. The van der Waals surface area contributed by atoms with Crippen LogP contribution >= 0.6 is 11.8 Å². The van der Waals surface area contributed by atoms with Gasteiger partial charge in [-0.15, -0.1) is 0 Å². The number of benzene rings is 4. The number of carbonyl (C=O) groups is 1. The Morgan fingerprint density at radius 1 is 0.780 bits per heavy atom. The predicted octanol–water partition coefficient (Wildman–Crippen LogP) is 7.85. The van der Waals surface area contributed by atoms with Crippen LogP contribution in [0.1, 0.15) is 51.9 Å². The third kappa shape index (κ3) is 7.55. The molecule has 1 fully saturated rings. The SMILES string of the molecule is CC1C(CSc2ncccn2)OC(c2ccc(-c3cccc(CNC(=O)c4c(F)c(F)c(F)c(F)c4F)c3)cc2)OC1c1ccc(CO)cc1. The van der Waals surface area contributed by atoms with Gasteiger partial charge in [0.1, 0.15) is 5.56 Å². The number of aliphatic hydroxyl groups excluding tert-OH is 1. The zero-order chi connectivity index (χ0) is 35.4. The van der Waals surface area contributed by atoms with Gasteiger partial charge in [0.05, 0.1) is 18.8 Å². The van der Waals surface area contributed by atoms with Crippen LogP contribution in [0.4, 0.5) is 22.0 Å². The molecule has 258 valence electrons. The van der Waals surface area contributed by atoms with E-state index in [2.05, 4.69) is 22.2 Å². The van der Waals surface area contributed by atoms with Crippen molar-refractivity contribution < 1.29 is 41.3 Å². The van der Waals surface area contributed by atoms with Crippen LogP contribution in [0.15, 0.2) is 96.4 Å². The first-order valence-electron chi connectivity index (χ1n) is 15.5. The number of amides is 1. The number of hydrogen-bond donors (Lipinski definition) is 2. The molecule has 6 rings (SSSR count). The summed E-state index contributed by atoms with van der Waals surface area (Å²) in [5, 5.41) is 12.4. The summed E-state index contributed by atoms with van der Waals surface area (Å²) in [5.74, 6) is -12.0. The van der Waals surface area contributed by atoms with Gasteiger partial charge in [-0.2, -0.15) is 0 Å². The Hall–Kier alpha value is -4.69. The predicted molar refractivity (Wildman–Crippen MR) is 175 cm³/mol. The van der Waals surface area contributed by atoms with Gasteiger partial charge in [0.2, 0.25) is 5.82 Å². The van der Waals surface area contributed by atoms with Crippen molar-refractivity contribution in [3.05, 3.63) is 148 Å². The first kappa shape index (κ1) is 35.1. The van der Waals surface area contributed by atoms with Crippen molar-refractivity contribution in [1.29, 1.82) is 0 Å². The second-order valence-electron chi connectivity index (χ2n) is 11.6. The van der Waals surface area contributed by atoms with E-state index in [1.807, 2.05) is 54.6 Å². The largest absolute Gasteiger partial charge is 0.392 e. The van der Waals surface area contributed by atoms with Gasteiger partial charge in [0.25, 0.3) is 5.91 Å². The molecule has 2 heterocycles. The highest BCUT2D eigenvalue weighted by Gasteiger charge is 2.38. The normalized spacial score (nSPS) is 18.9. The third-order valence-electron chi connectivity index (χ3n) is 8.38. The van der Waals surface area contributed by atoms with Gasteiger partial charge < -0.3 is 19.9 Å². The van der Waals surface area contributed by atoms with Crippen LogP contribution in [0, 0.1) is 35.0 Å². The molecule has 1 aromatic heterocycles. The molecule has 4 atom stereocenters. The molecule has 5 aromatic rings. The Morgan fingerprint density at radius 3 is 2.08 bits per heavy atom. The number of hydrogen-bond acceptors (Lipinski definition) is 7. The number of halogens is 5. The summed E-state index contributed by atoms with van der Waals surface area (Å²) >= 11 is 1.49. The first-order chi connectivity index (χ1) is 24.1. The molecule has 0 radical (unpaired) electrons. The number of ether oxygens (including phenoxy) is 2.